The fraction of sp³-hybridized carbons (Fsp3) is 0.417. The molecular weight excluding hydrogens is 226 g/mol. The fourth-order valence-corrected chi connectivity index (χ4v) is 1.43. The first kappa shape index (κ1) is 14.9. The lowest BCUT2D eigenvalue weighted by Gasteiger charge is -2.11. The van der Waals surface area contributed by atoms with Crippen LogP contribution in [-0.4, -0.2) is 11.1 Å². The van der Waals surface area contributed by atoms with Crippen LogP contribution in [0.15, 0.2) is 24.3 Å². The lowest BCUT2D eigenvalue weighted by atomic mass is 9.98. The number of hydrogen-bond donors (Lipinski definition) is 2. The average Bonchev–Trinajstić information content (AvgIpc) is 2.17. The summed E-state index contributed by atoms with van der Waals surface area (Å²) in [6.07, 6.45) is -0.0268. The Balaban J connectivity index is 0.00000225. The molecule has 1 aromatic rings. The molecule has 3 nitrogen and oxygen atoms in total. The molecule has 1 rings (SSSR count). The molecule has 0 aliphatic heterocycles. The second-order valence-electron chi connectivity index (χ2n) is 4.03. The van der Waals surface area contributed by atoms with Crippen molar-refractivity contribution in [2.45, 2.75) is 32.2 Å². The van der Waals surface area contributed by atoms with Crippen molar-refractivity contribution in [1.29, 1.82) is 0 Å². The van der Waals surface area contributed by atoms with E-state index in [1.807, 2.05) is 24.3 Å². The Morgan fingerprint density at radius 3 is 2.06 bits per heavy atom. The molecule has 0 saturated carbocycles. The third kappa shape index (κ3) is 4.21. The van der Waals surface area contributed by atoms with Crippen LogP contribution < -0.4 is 5.73 Å². The minimum Gasteiger partial charge on any atom is -0.481 e. The number of nitrogens with two attached hydrogens (primary N) is 1. The van der Waals surface area contributed by atoms with E-state index in [2.05, 4.69) is 13.8 Å². The maximum Gasteiger partial charge on any atom is 0.305 e. The Morgan fingerprint density at radius 1 is 1.25 bits per heavy atom. The Hall–Kier alpha value is -1.06. The molecule has 0 aromatic heterocycles. The maximum atomic E-state index is 10.5. The third-order valence-electron chi connectivity index (χ3n) is 2.43. The van der Waals surface area contributed by atoms with Crippen molar-refractivity contribution in [1.82, 2.24) is 0 Å². The van der Waals surface area contributed by atoms with Crippen molar-refractivity contribution in [3.8, 4) is 0 Å². The summed E-state index contributed by atoms with van der Waals surface area (Å²) in [5, 5.41) is 8.61. The van der Waals surface area contributed by atoms with Crippen LogP contribution >= 0.6 is 12.4 Å². The Morgan fingerprint density at radius 2 is 1.69 bits per heavy atom. The molecule has 4 heteroatoms. The van der Waals surface area contributed by atoms with E-state index in [0.29, 0.717) is 5.92 Å². The SMILES string of the molecule is CC(C)c1ccc(C(N)CC(=O)O)cc1.Cl. The van der Waals surface area contributed by atoms with Crippen LogP contribution in [0.4, 0.5) is 0 Å². The number of carboxylic acid groups (broad SMARTS) is 1. The minimum atomic E-state index is -0.865. The summed E-state index contributed by atoms with van der Waals surface area (Å²) in [5.41, 5.74) is 7.86. The predicted octanol–water partition coefficient (Wildman–Crippen LogP) is 2.71. The van der Waals surface area contributed by atoms with E-state index in [9.17, 15) is 4.79 Å². The minimum absolute atomic E-state index is 0. The van der Waals surface area contributed by atoms with Crippen molar-refractivity contribution in [3.05, 3.63) is 35.4 Å². The molecule has 1 atom stereocenters. The maximum absolute atomic E-state index is 10.5. The zero-order valence-corrected chi connectivity index (χ0v) is 10.3. The van der Waals surface area contributed by atoms with E-state index in [1.165, 1.54) is 5.56 Å². The van der Waals surface area contributed by atoms with Crippen LogP contribution in [0.2, 0.25) is 0 Å². The summed E-state index contributed by atoms with van der Waals surface area (Å²) in [6.45, 7) is 4.23. The second-order valence-corrected chi connectivity index (χ2v) is 4.03. The molecule has 90 valence electrons. The van der Waals surface area contributed by atoms with Gasteiger partial charge < -0.3 is 10.8 Å². The highest BCUT2D eigenvalue weighted by Crippen LogP contribution is 2.19. The summed E-state index contributed by atoms with van der Waals surface area (Å²) in [5.74, 6) is -0.384. The van der Waals surface area contributed by atoms with E-state index in [0.717, 1.165) is 5.56 Å². The summed E-state index contributed by atoms with van der Waals surface area (Å²) >= 11 is 0. The highest BCUT2D eigenvalue weighted by molar-refractivity contribution is 5.85. The van der Waals surface area contributed by atoms with Gasteiger partial charge in [-0.15, -0.1) is 12.4 Å². The van der Waals surface area contributed by atoms with Crippen molar-refractivity contribution in [2.75, 3.05) is 0 Å². The monoisotopic (exact) mass is 243 g/mol. The lowest BCUT2D eigenvalue weighted by molar-refractivity contribution is -0.137. The number of halogens is 1. The van der Waals surface area contributed by atoms with Gasteiger partial charge in [-0.1, -0.05) is 38.1 Å². The summed E-state index contributed by atoms with van der Waals surface area (Å²) in [4.78, 5) is 10.5. The Kier molecular flexibility index (Phi) is 6.08. The van der Waals surface area contributed by atoms with Crippen molar-refractivity contribution in [3.63, 3.8) is 0 Å². The molecule has 0 amide bonds. The van der Waals surface area contributed by atoms with Crippen LogP contribution in [-0.2, 0) is 4.79 Å². The van der Waals surface area contributed by atoms with Crippen LogP contribution in [0.25, 0.3) is 0 Å². The smallest absolute Gasteiger partial charge is 0.305 e. The molecule has 0 bridgehead atoms. The first-order chi connectivity index (χ1) is 7.00. The van der Waals surface area contributed by atoms with Gasteiger partial charge in [0, 0.05) is 6.04 Å². The molecule has 0 heterocycles. The second kappa shape index (κ2) is 6.51. The van der Waals surface area contributed by atoms with E-state index < -0.39 is 12.0 Å². The highest BCUT2D eigenvalue weighted by Gasteiger charge is 2.10. The van der Waals surface area contributed by atoms with Crippen LogP contribution in [0.5, 0.6) is 0 Å². The van der Waals surface area contributed by atoms with Gasteiger partial charge in [-0.2, -0.15) is 0 Å². The Labute approximate surface area is 102 Å². The number of hydrogen-bond acceptors (Lipinski definition) is 2. The molecule has 1 aromatic carbocycles. The van der Waals surface area contributed by atoms with Crippen molar-refractivity contribution >= 4 is 18.4 Å². The third-order valence-corrected chi connectivity index (χ3v) is 2.43. The van der Waals surface area contributed by atoms with E-state index in [4.69, 9.17) is 10.8 Å². The van der Waals surface area contributed by atoms with Crippen LogP contribution in [0, 0.1) is 0 Å². The molecule has 0 spiro atoms. The van der Waals surface area contributed by atoms with Gasteiger partial charge in [0.15, 0.2) is 0 Å². The molecule has 0 aliphatic carbocycles. The molecular formula is C12H18ClNO2. The first-order valence-electron chi connectivity index (χ1n) is 5.08. The van der Waals surface area contributed by atoms with E-state index >= 15 is 0 Å². The van der Waals surface area contributed by atoms with Gasteiger partial charge in [0.05, 0.1) is 6.42 Å². The van der Waals surface area contributed by atoms with Gasteiger partial charge >= 0.3 is 5.97 Å². The topological polar surface area (TPSA) is 63.3 Å². The van der Waals surface area contributed by atoms with Crippen molar-refractivity contribution < 1.29 is 9.90 Å². The molecule has 0 radical (unpaired) electrons. The van der Waals surface area contributed by atoms with Gasteiger partial charge in [0.2, 0.25) is 0 Å². The Bertz CT molecular complexity index is 335. The number of carbonyl (C=O) groups is 1. The van der Waals surface area contributed by atoms with Gasteiger partial charge in [-0.3, -0.25) is 4.79 Å². The largest absolute Gasteiger partial charge is 0.481 e. The number of rotatable bonds is 4. The standard InChI is InChI=1S/C12H17NO2.ClH/c1-8(2)9-3-5-10(6-4-9)11(13)7-12(14)15;/h3-6,8,11H,7,13H2,1-2H3,(H,14,15);1H. The van der Waals surface area contributed by atoms with Gasteiger partial charge in [-0.05, 0) is 17.0 Å². The lowest BCUT2D eigenvalue weighted by Crippen LogP contribution is -2.14. The number of benzene rings is 1. The predicted molar refractivity (Wildman–Crippen MR) is 67.0 cm³/mol. The summed E-state index contributed by atoms with van der Waals surface area (Å²) < 4.78 is 0. The summed E-state index contributed by atoms with van der Waals surface area (Å²) in [6, 6.07) is 7.40. The zero-order valence-electron chi connectivity index (χ0n) is 9.51. The average molecular weight is 244 g/mol. The number of aliphatic carboxylic acids is 1. The molecule has 0 saturated heterocycles. The fourth-order valence-electron chi connectivity index (χ4n) is 1.43. The number of carboxylic acids is 1. The van der Waals surface area contributed by atoms with E-state index in [1.54, 1.807) is 0 Å². The normalized spacial score (nSPS) is 12.0. The van der Waals surface area contributed by atoms with Crippen molar-refractivity contribution in [2.24, 2.45) is 5.73 Å². The zero-order chi connectivity index (χ0) is 11.4. The molecule has 1 unspecified atom stereocenters. The summed E-state index contributed by atoms with van der Waals surface area (Å²) in [7, 11) is 0. The first-order valence-corrected chi connectivity index (χ1v) is 5.08. The molecule has 0 aliphatic rings. The van der Waals surface area contributed by atoms with Gasteiger partial charge in [-0.25, -0.2) is 0 Å². The quantitative estimate of drug-likeness (QED) is 0.855. The highest BCUT2D eigenvalue weighted by atomic mass is 35.5. The van der Waals surface area contributed by atoms with Crippen LogP contribution in [0.3, 0.4) is 0 Å². The van der Waals surface area contributed by atoms with E-state index in [-0.39, 0.29) is 18.8 Å². The molecule has 16 heavy (non-hydrogen) atoms. The molecule has 3 N–H and O–H groups in total. The van der Waals surface area contributed by atoms with Gasteiger partial charge in [0.25, 0.3) is 0 Å². The molecule has 0 fully saturated rings. The van der Waals surface area contributed by atoms with Gasteiger partial charge in [0.1, 0.15) is 0 Å². The van der Waals surface area contributed by atoms with Crippen LogP contribution in [0.1, 0.15) is 43.4 Å².